The lowest BCUT2D eigenvalue weighted by atomic mass is 10.0. The zero-order valence-corrected chi connectivity index (χ0v) is 14.3. The van der Waals surface area contributed by atoms with Gasteiger partial charge in [-0.15, -0.1) is 0 Å². The molecule has 0 aliphatic rings. The highest BCUT2D eigenvalue weighted by Gasteiger charge is 2.07. The summed E-state index contributed by atoms with van der Waals surface area (Å²) in [7, 11) is 0. The van der Waals surface area contributed by atoms with Crippen molar-refractivity contribution in [3.63, 3.8) is 0 Å². The number of nitrogens with zero attached hydrogens (tertiary/aromatic N) is 1. The number of pyridine rings is 1. The second kappa shape index (κ2) is 6.81. The summed E-state index contributed by atoms with van der Waals surface area (Å²) in [6.45, 7) is 3.76. The number of para-hydroxylation sites is 1. The molecule has 0 spiro atoms. The molecule has 4 aromatic rings. The number of anilines is 2. The van der Waals surface area contributed by atoms with Crippen molar-refractivity contribution in [3.05, 3.63) is 78.5 Å². The van der Waals surface area contributed by atoms with Gasteiger partial charge in [-0.1, -0.05) is 54.6 Å². The number of hydrogen-bond donors (Lipinski definition) is 2. The van der Waals surface area contributed by atoms with E-state index < -0.39 is 0 Å². The highest BCUT2D eigenvalue weighted by molar-refractivity contribution is 6.09. The van der Waals surface area contributed by atoms with Gasteiger partial charge in [-0.2, -0.15) is 0 Å². The number of aromatic nitrogens is 1. The molecule has 0 saturated carbocycles. The Morgan fingerprint density at radius 1 is 0.760 bits per heavy atom. The first-order chi connectivity index (χ1) is 12.3. The van der Waals surface area contributed by atoms with E-state index in [1.54, 1.807) is 0 Å². The molecule has 0 atom stereocenters. The topological polar surface area (TPSA) is 37.0 Å². The normalized spacial score (nSPS) is 10.9. The van der Waals surface area contributed by atoms with Gasteiger partial charge in [0.2, 0.25) is 0 Å². The third-order valence-corrected chi connectivity index (χ3v) is 4.38. The van der Waals surface area contributed by atoms with Crippen molar-refractivity contribution in [2.45, 2.75) is 6.92 Å². The second-order valence-electron chi connectivity index (χ2n) is 6.21. The van der Waals surface area contributed by atoms with Gasteiger partial charge >= 0.3 is 0 Å². The summed E-state index contributed by atoms with van der Waals surface area (Å²) in [6, 6.07) is 25.2. The first-order valence-electron chi connectivity index (χ1n) is 8.63. The van der Waals surface area contributed by atoms with Crippen molar-refractivity contribution in [1.29, 1.82) is 0 Å². The molecule has 124 valence electrons. The van der Waals surface area contributed by atoms with Crippen LogP contribution in [0.3, 0.4) is 0 Å². The first kappa shape index (κ1) is 15.5. The van der Waals surface area contributed by atoms with Crippen LogP contribution >= 0.6 is 0 Å². The fourth-order valence-corrected chi connectivity index (χ4v) is 3.19. The number of nitrogens with one attached hydrogen (secondary N) is 2. The van der Waals surface area contributed by atoms with Gasteiger partial charge in [-0.3, -0.25) is 4.98 Å². The average Bonchev–Trinajstić information content (AvgIpc) is 2.66. The Bertz CT molecular complexity index is 1010. The van der Waals surface area contributed by atoms with Crippen LogP contribution in [0.1, 0.15) is 5.69 Å². The highest BCUT2D eigenvalue weighted by atomic mass is 15.0. The minimum atomic E-state index is 0.847. The zero-order chi connectivity index (χ0) is 17.1. The van der Waals surface area contributed by atoms with Crippen LogP contribution in [0.15, 0.2) is 72.8 Å². The monoisotopic (exact) mass is 327 g/mol. The van der Waals surface area contributed by atoms with E-state index in [2.05, 4.69) is 72.2 Å². The second-order valence-corrected chi connectivity index (χ2v) is 6.21. The fraction of sp³-hybridized carbons (Fsp3) is 0.136. The lowest BCUT2D eigenvalue weighted by molar-refractivity contribution is 1.08. The van der Waals surface area contributed by atoms with E-state index in [0.29, 0.717) is 0 Å². The molecule has 3 nitrogen and oxygen atoms in total. The average molecular weight is 327 g/mol. The molecule has 0 unspecified atom stereocenters. The quantitative estimate of drug-likeness (QED) is 0.390. The molecule has 1 aromatic heterocycles. The van der Waals surface area contributed by atoms with E-state index in [1.807, 2.05) is 18.2 Å². The zero-order valence-electron chi connectivity index (χ0n) is 14.3. The van der Waals surface area contributed by atoms with E-state index in [0.717, 1.165) is 35.7 Å². The number of fused-ring (bicyclic) bond motifs is 3. The molecule has 0 aliphatic heterocycles. The van der Waals surface area contributed by atoms with Gasteiger partial charge in [0.1, 0.15) is 0 Å². The van der Waals surface area contributed by atoms with Gasteiger partial charge in [-0.25, -0.2) is 0 Å². The predicted molar refractivity (Wildman–Crippen MR) is 107 cm³/mol. The van der Waals surface area contributed by atoms with E-state index in [4.69, 9.17) is 4.98 Å². The van der Waals surface area contributed by atoms with Crippen LogP contribution in [-0.4, -0.2) is 18.1 Å². The molecule has 0 amide bonds. The third-order valence-electron chi connectivity index (χ3n) is 4.38. The maximum absolute atomic E-state index is 4.78. The molecule has 25 heavy (non-hydrogen) atoms. The predicted octanol–water partition coefficient (Wildman–Crippen LogP) is 5.22. The third kappa shape index (κ3) is 3.26. The summed E-state index contributed by atoms with van der Waals surface area (Å²) >= 11 is 0. The Morgan fingerprint density at radius 2 is 1.52 bits per heavy atom. The summed E-state index contributed by atoms with van der Waals surface area (Å²) in [5, 5.41) is 10.6. The first-order valence-corrected chi connectivity index (χ1v) is 8.63. The van der Waals surface area contributed by atoms with Crippen LogP contribution in [0.25, 0.3) is 21.7 Å². The Labute approximate surface area is 147 Å². The molecule has 0 saturated heterocycles. The summed E-state index contributed by atoms with van der Waals surface area (Å²) in [4.78, 5) is 4.78. The molecule has 0 radical (unpaired) electrons. The Hall–Kier alpha value is -3.07. The number of benzene rings is 3. The van der Waals surface area contributed by atoms with E-state index >= 15 is 0 Å². The molecule has 0 bridgehead atoms. The van der Waals surface area contributed by atoms with Crippen LogP contribution in [0.5, 0.6) is 0 Å². The van der Waals surface area contributed by atoms with Crippen molar-refractivity contribution in [2.24, 2.45) is 0 Å². The van der Waals surface area contributed by atoms with Gasteiger partial charge in [0.15, 0.2) is 0 Å². The minimum Gasteiger partial charge on any atom is -0.383 e. The number of aryl methyl sites for hydroxylation is 1. The fourth-order valence-electron chi connectivity index (χ4n) is 3.19. The molecule has 2 N–H and O–H groups in total. The van der Waals surface area contributed by atoms with Crippen LogP contribution in [0.2, 0.25) is 0 Å². The molecule has 3 aromatic carbocycles. The van der Waals surface area contributed by atoms with Gasteiger partial charge in [-0.05, 0) is 30.5 Å². The van der Waals surface area contributed by atoms with Crippen molar-refractivity contribution < 1.29 is 0 Å². The maximum Gasteiger partial charge on any atom is 0.0804 e. The minimum absolute atomic E-state index is 0.847. The molecule has 1 heterocycles. The standard InChI is InChI=1S/C22H21N3/c1-16-15-21(24-14-13-23-18-8-3-2-4-9-18)20-12-11-17-7-5-6-10-19(17)22(20)25-16/h2-12,15,23H,13-14H2,1H3,(H,24,25). The number of hydrogen-bond acceptors (Lipinski definition) is 3. The van der Waals surface area contributed by atoms with E-state index in [9.17, 15) is 0 Å². The van der Waals surface area contributed by atoms with Crippen LogP contribution in [0.4, 0.5) is 11.4 Å². The van der Waals surface area contributed by atoms with E-state index in [1.165, 1.54) is 16.2 Å². The SMILES string of the molecule is Cc1cc(NCCNc2ccccc2)c2ccc3ccccc3c2n1. The molecule has 4 rings (SSSR count). The largest absolute Gasteiger partial charge is 0.383 e. The summed E-state index contributed by atoms with van der Waals surface area (Å²) in [5.41, 5.74) is 4.38. The molecular weight excluding hydrogens is 306 g/mol. The van der Waals surface area contributed by atoms with Gasteiger partial charge in [0.05, 0.1) is 5.52 Å². The molecular formula is C22H21N3. The Kier molecular flexibility index (Phi) is 4.21. The lowest BCUT2D eigenvalue weighted by Crippen LogP contribution is -2.14. The van der Waals surface area contributed by atoms with Crippen molar-refractivity contribution >= 4 is 33.1 Å². The van der Waals surface area contributed by atoms with Crippen molar-refractivity contribution in [2.75, 3.05) is 23.7 Å². The smallest absolute Gasteiger partial charge is 0.0804 e. The Morgan fingerprint density at radius 3 is 2.40 bits per heavy atom. The Balaban J connectivity index is 1.58. The summed E-state index contributed by atoms with van der Waals surface area (Å²) in [6.07, 6.45) is 0. The summed E-state index contributed by atoms with van der Waals surface area (Å²) < 4.78 is 0. The van der Waals surface area contributed by atoms with Gasteiger partial charge in [0.25, 0.3) is 0 Å². The van der Waals surface area contributed by atoms with Gasteiger partial charge < -0.3 is 10.6 Å². The summed E-state index contributed by atoms with van der Waals surface area (Å²) in [5.74, 6) is 0. The van der Waals surface area contributed by atoms with Gasteiger partial charge in [0, 0.05) is 40.9 Å². The molecule has 0 aliphatic carbocycles. The van der Waals surface area contributed by atoms with E-state index in [-0.39, 0.29) is 0 Å². The lowest BCUT2D eigenvalue weighted by Gasteiger charge is -2.13. The van der Waals surface area contributed by atoms with Crippen LogP contribution in [-0.2, 0) is 0 Å². The highest BCUT2D eigenvalue weighted by Crippen LogP contribution is 2.29. The van der Waals surface area contributed by atoms with Crippen LogP contribution < -0.4 is 10.6 Å². The number of rotatable bonds is 5. The molecule has 0 fully saturated rings. The van der Waals surface area contributed by atoms with Crippen molar-refractivity contribution in [3.8, 4) is 0 Å². The van der Waals surface area contributed by atoms with Crippen LogP contribution in [0, 0.1) is 6.92 Å². The molecule has 3 heteroatoms. The maximum atomic E-state index is 4.78. The van der Waals surface area contributed by atoms with Crippen molar-refractivity contribution in [1.82, 2.24) is 4.98 Å².